The number of nitriles is 2. The fraction of sp³-hybridized carbons (Fsp3) is 0.136. The first-order valence-corrected chi connectivity index (χ1v) is 9.18. The summed E-state index contributed by atoms with van der Waals surface area (Å²) in [6.45, 7) is 3.96. The highest BCUT2D eigenvalue weighted by Gasteiger charge is 2.10. The molecule has 0 amide bonds. The van der Waals surface area contributed by atoms with Crippen molar-refractivity contribution in [1.82, 2.24) is 15.0 Å². The van der Waals surface area contributed by atoms with Gasteiger partial charge in [0.1, 0.15) is 0 Å². The molecule has 0 atom stereocenters. The molecular formula is C22H20N8. The van der Waals surface area contributed by atoms with Gasteiger partial charge in [0.15, 0.2) is 0 Å². The van der Waals surface area contributed by atoms with E-state index in [1.165, 1.54) is 6.08 Å². The van der Waals surface area contributed by atoms with Crippen molar-refractivity contribution in [3.63, 3.8) is 0 Å². The van der Waals surface area contributed by atoms with Gasteiger partial charge in [-0.15, -0.1) is 0 Å². The van der Waals surface area contributed by atoms with E-state index in [1.807, 2.05) is 32.0 Å². The van der Waals surface area contributed by atoms with E-state index in [-0.39, 0.29) is 0 Å². The highest BCUT2D eigenvalue weighted by molar-refractivity contribution is 5.68. The fourth-order valence-electron chi connectivity index (χ4n) is 2.89. The normalized spacial score (nSPS) is 10.3. The molecule has 148 valence electrons. The van der Waals surface area contributed by atoms with Crippen molar-refractivity contribution in [2.24, 2.45) is 0 Å². The molecule has 0 unspecified atom stereocenters. The van der Waals surface area contributed by atoms with Gasteiger partial charge in [0.25, 0.3) is 0 Å². The maximum absolute atomic E-state index is 8.93. The second-order valence-electron chi connectivity index (χ2n) is 6.49. The molecule has 0 aliphatic heterocycles. The highest BCUT2D eigenvalue weighted by Crippen LogP contribution is 2.26. The molecule has 3 N–H and O–H groups in total. The van der Waals surface area contributed by atoms with E-state index in [1.54, 1.807) is 37.4 Å². The summed E-state index contributed by atoms with van der Waals surface area (Å²) in [6, 6.07) is 15.1. The van der Waals surface area contributed by atoms with Crippen LogP contribution in [0.25, 0.3) is 6.08 Å². The van der Waals surface area contributed by atoms with Crippen molar-refractivity contribution in [3.05, 3.63) is 64.7 Å². The Balaban J connectivity index is 1.89. The minimum Gasteiger partial charge on any atom is -0.357 e. The maximum atomic E-state index is 8.93. The van der Waals surface area contributed by atoms with Gasteiger partial charge in [-0.2, -0.15) is 25.5 Å². The quantitative estimate of drug-likeness (QED) is 0.523. The number of allylic oxidation sites excluding steroid dienone is 1. The van der Waals surface area contributed by atoms with Crippen molar-refractivity contribution in [1.29, 1.82) is 10.5 Å². The van der Waals surface area contributed by atoms with Crippen molar-refractivity contribution >= 4 is 35.3 Å². The SMILES string of the molecule is CNc1nc(Nc2ccc(C#N)cc2)nc(Nc2c(C)cc(/C=C\C#N)cc2C)n1. The molecule has 0 radical (unpaired) electrons. The lowest BCUT2D eigenvalue weighted by molar-refractivity contribution is 1.05. The van der Waals surface area contributed by atoms with Crippen LogP contribution in [-0.4, -0.2) is 22.0 Å². The topological polar surface area (TPSA) is 122 Å². The molecule has 0 bridgehead atoms. The molecule has 8 nitrogen and oxygen atoms in total. The summed E-state index contributed by atoms with van der Waals surface area (Å²) in [6.07, 6.45) is 3.22. The molecular weight excluding hydrogens is 376 g/mol. The van der Waals surface area contributed by atoms with Crippen LogP contribution in [0.5, 0.6) is 0 Å². The van der Waals surface area contributed by atoms with Gasteiger partial charge >= 0.3 is 0 Å². The number of aryl methyl sites for hydroxylation is 2. The number of rotatable bonds is 6. The second kappa shape index (κ2) is 9.18. The Kier molecular flexibility index (Phi) is 6.21. The van der Waals surface area contributed by atoms with E-state index in [2.05, 4.69) is 37.0 Å². The van der Waals surface area contributed by atoms with Crippen LogP contribution in [0.15, 0.2) is 42.5 Å². The number of nitrogens with one attached hydrogen (secondary N) is 3. The van der Waals surface area contributed by atoms with Gasteiger partial charge in [0.05, 0.1) is 17.7 Å². The molecule has 30 heavy (non-hydrogen) atoms. The Bertz CT molecular complexity index is 1140. The molecule has 0 spiro atoms. The summed E-state index contributed by atoms with van der Waals surface area (Å²) in [5.41, 5.74) is 5.18. The van der Waals surface area contributed by atoms with Gasteiger partial charge in [0.2, 0.25) is 17.8 Å². The predicted molar refractivity (Wildman–Crippen MR) is 118 cm³/mol. The summed E-state index contributed by atoms with van der Waals surface area (Å²) in [5, 5.41) is 27.0. The Hall–Kier alpha value is -4.43. The lowest BCUT2D eigenvalue weighted by Crippen LogP contribution is -2.08. The minimum atomic E-state index is 0.366. The maximum Gasteiger partial charge on any atom is 0.233 e. The van der Waals surface area contributed by atoms with Gasteiger partial charge < -0.3 is 16.0 Å². The zero-order chi connectivity index (χ0) is 21.5. The monoisotopic (exact) mass is 396 g/mol. The van der Waals surface area contributed by atoms with E-state index in [9.17, 15) is 0 Å². The summed E-state index contributed by atoms with van der Waals surface area (Å²) < 4.78 is 0. The number of hydrogen-bond acceptors (Lipinski definition) is 8. The van der Waals surface area contributed by atoms with E-state index < -0.39 is 0 Å². The smallest absolute Gasteiger partial charge is 0.233 e. The fourth-order valence-corrected chi connectivity index (χ4v) is 2.89. The van der Waals surface area contributed by atoms with Gasteiger partial charge in [-0.05, 0) is 73.0 Å². The van der Waals surface area contributed by atoms with Crippen molar-refractivity contribution < 1.29 is 0 Å². The molecule has 8 heteroatoms. The molecule has 0 saturated carbocycles. The van der Waals surface area contributed by atoms with Crippen molar-refractivity contribution in [3.8, 4) is 12.1 Å². The molecule has 2 aromatic carbocycles. The first kappa shape index (κ1) is 20.3. The van der Waals surface area contributed by atoms with E-state index in [4.69, 9.17) is 10.5 Å². The lowest BCUT2D eigenvalue weighted by atomic mass is 10.0. The Morgan fingerprint density at radius 3 is 2.03 bits per heavy atom. The van der Waals surface area contributed by atoms with Crippen LogP contribution in [-0.2, 0) is 0 Å². The van der Waals surface area contributed by atoms with Crippen LogP contribution in [0, 0.1) is 36.5 Å². The summed E-state index contributed by atoms with van der Waals surface area (Å²) in [4.78, 5) is 13.2. The average Bonchev–Trinajstić information content (AvgIpc) is 2.75. The van der Waals surface area contributed by atoms with E-state index in [0.717, 1.165) is 28.1 Å². The number of aromatic nitrogens is 3. The predicted octanol–water partition coefficient (Wildman–Crippen LogP) is 4.43. The third-order valence-corrected chi connectivity index (χ3v) is 4.27. The zero-order valence-corrected chi connectivity index (χ0v) is 16.9. The van der Waals surface area contributed by atoms with E-state index in [0.29, 0.717) is 23.4 Å². The minimum absolute atomic E-state index is 0.366. The zero-order valence-electron chi connectivity index (χ0n) is 16.9. The van der Waals surface area contributed by atoms with Crippen LogP contribution >= 0.6 is 0 Å². The number of benzene rings is 2. The molecule has 0 aliphatic rings. The third kappa shape index (κ3) is 4.89. The van der Waals surface area contributed by atoms with Crippen LogP contribution in [0.2, 0.25) is 0 Å². The molecule has 1 heterocycles. The first-order valence-electron chi connectivity index (χ1n) is 9.18. The first-order chi connectivity index (χ1) is 14.5. The molecule has 1 aromatic heterocycles. The average molecular weight is 396 g/mol. The van der Waals surface area contributed by atoms with Crippen LogP contribution < -0.4 is 16.0 Å². The summed E-state index contributed by atoms with van der Waals surface area (Å²) in [5.74, 6) is 1.16. The van der Waals surface area contributed by atoms with Gasteiger partial charge in [-0.3, -0.25) is 0 Å². The second-order valence-corrected chi connectivity index (χ2v) is 6.49. The number of nitrogens with zero attached hydrogens (tertiary/aromatic N) is 5. The summed E-state index contributed by atoms with van der Waals surface area (Å²) in [7, 11) is 1.73. The summed E-state index contributed by atoms with van der Waals surface area (Å²) >= 11 is 0. The van der Waals surface area contributed by atoms with Gasteiger partial charge in [-0.1, -0.05) is 0 Å². The molecule has 0 saturated heterocycles. The standard InChI is InChI=1S/C22H20N8/c1-14-11-17(5-4-10-23)12-15(2)19(14)27-22-29-20(25-3)28-21(30-22)26-18-8-6-16(13-24)7-9-18/h4-9,11-12H,1-3H3,(H3,25,26,27,28,29,30)/b5-4-. The van der Waals surface area contributed by atoms with Crippen molar-refractivity contribution in [2.75, 3.05) is 23.0 Å². The molecule has 0 fully saturated rings. The van der Waals surface area contributed by atoms with E-state index >= 15 is 0 Å². The van der Waals surface area contributed by atoms with Gasteiger partial charge in [-0.25, -0.2) is 0 Å². The van der Waals surface area contributed by atoms with Crippen LogP contribution in [0.3, 0.4) is 0 Å². The lowest BCUT2D eigenvalue weighted by Gasteiger charge is -2.14. The Morgan fingerprint density at radius 1 is 0.867 bits per heavy atom. The Morgan fingerprint density at radius 2 is 1.47 bits per heavy atom. The van der Waals surface area contributed by atoms with Crippen LogP contribution in [0.1, 0.15) is 22.3 Å². The number of anilines is 5. The molecule has 3 aromatic rings. The molecule has 3 rings (SSSR count). The van der Waals surface area contributed by atoms with Crippen LogP contribution in [0.4, 0.5) is 29.2 Å². The Labute approximate surface area is 175 Å². The third-order valence-electron chi connectivity index (χ3n) is 4.27. The number of hydrogen-bond donors (Lipinski definition) is 3. The highest BCUT2D eigenvalue weighted by atomic mass is 15.3. The largest absolute Gasteiger partial charge is 0.357 e. The van der Waals surface area contributed by atoms with Gasteiger partial charge in [0, 0.05) is 24.5 Å². The molecule has 0 aliphatic carbocycles. The van der Waals surface area contributed by atoms with Crippen molar-refractivity contribution in [2.45, 2.75) is 13.8 Å².